The van der Waals surface area contributed by atoms with Crippen molar-refractivity contribution in [1.82, 2.24) is 14.9 Å². The number of hydrogen-bond acceptors (Lipinski definition) is 5. The van der Waals surface area contributed by atoms with Gasteiger partial charge < -0.3 is 5.32 Å². The van der Waals surface area contributed by atoms with Gasteiger partial charge in [0.1, 0.15) is 12.4 Å². The normalized spacial score (nSPS) is 15.6. The molecule has 0 atom stereocenters. The summed E-state index contributed by atoms with van der Waals surface area (Å²) in [4.78, 5) is 4.20. The monoisotopic (exact) mass is 280 g/mol. The Bertz CT molecular complexity index is 765. The summed E-state index contributed by atoms with van der Waals surface area (Å²) in [6.07, 6.45) is 2.22. The molecule has 21 heavy (non-hydrogen) atoms. The molecule has 0 fully saturated rings. The highest BCUT2D eigenvalue weighted by Crippen LogP contribution is 2.32. The minimum atomic E-state index is 0.432. The molecule has 0 bridgehead atoms. The van der Waals surface area contributed by atoms with Gasteiger partial charge in [-0.25, -0.2) is 10.8 Å². The van der Waals surface area contributed by atoms with Crippen LogP contribution in [0.5, 0.6) is 0 Å². The molecule has 1 aliphatic heterocycles. The quantitative estimate of drug-likeness (QED) is 0.772. The molecule has 0 saturated carbocycles. The highest BCUT2D eigenvalue weighted by atomic mass is 15.4. The number of aromatic nitrogens is 2. The summed E-state index contributed by atoms with van der Waals surface area (Å²) in [5.74, 6) is 6.32. The second kappa shape index (κ2) is 4.96. The van der Waals surface area contributed by atoms with Gasteiger partial charge >= 0.3 is 0 Å². The van der Waals surface area contributed by atoms with Crippen LogP contribution in [0.15, 0.2) is 42.0 Å². The van der Waals surface area contributed by atoms with E-state index in [4.69, 9.17) is 5.84 Å². The zero-order valence-corrected chi connectivity index (χ0v) is 12.0. The van der Waals surface area contributed by atoms with Gasteiger partial charge in [-0.3, -0.25) is 9.58 Å². The van der Waals surface area contributed by atoms with Crippen LogP contribution in [0.3, 0.4) is 0 Å². The minimum Gasteiger partial charge on any atom is -0.390 e. The van der Waals surface area contributed by atoms with Crippen molar-refractivity contribution in [3.05, 3.63) is 53.4 Å². The molecule has 0 unspecified atom stereocenters. The van der Waals surface area contributed by atoms with Gasteiger partial charge in [-0.05, 0) is 19.1 Å². The van der Waals surface area contributed by atoms with Crippen LogP contribution in [0, 0.1) is 11.3 Å². The lowest BCUT2D eigenvalue weighted by molar-refractivity contribution is 0.852. The molecule has 0 radical (unpaired) electrons. The number of nitrogens with zero attached hydrogens (tertiary/aromatic N) is 4. The zero-order chi connectivity index (χ0) is 15.0. The summed E-state index contributed by atoms with van der Waals surface area (Å²) < 4.78 is 1.93. The van der Waals surface area contributed by atoms with Crippen LogP contribution in [0.4, 0.5) is 5.69 Å². The Kier molecular flexibility index (Phi) is 3.12. The molecule has 3 rings (SSSR count). The lowest BCUT2D eigenvalue weighted by Crippen LogP contribution is -2.33. The third-order valence-corrected chi connectivity index (χ3v) is 3.81. The number of para-hydroxylation sites is 2. The summed E-state index contributed by atoms with van der Waals surface area (Å²) in [6.45, 7) is 1.97. The molecule has 1 aromatic carbocycles. The Morgan fingerprint density at radius 2 is 2.10 bits per heavy atom. The third-order valence-electron chi connectivity index (χ3n) is 3.81. The van der Waals surface area contributed by atoms with E-state index < -0.39 is 0 Å². The number of nitrogens with two attached hydrogens (primary N) is 1. The minimum absolute atomic E-state index is 0.432. The van der Waals surface area contributed by atoms with Crippen molar-refractivity contribution in [3.63, 3.8) is 0 Å². The lowest BCUT2D eigenvalue weighted by Gasteiger charge is -2.23. The SMILES string of the molecule is CN/C(C)=C1/Cc2c(C#N)ncn2-c2ccccc2N1N. The first-order chi connectivity index (χ1) is 10.2. The van der Waals surface area contributed by atoms with Crippen molar-refractivity contribution < 1.29 is 0 Å². The number of hydrazine groups is 1. The molecule has 1 aliphatic rings. The van der Waals surface area contributed by atoms with E-state index in [0.29, 0.717) is 12.1 Å². The maximum Gasteiger partial charge on any atom is 0.162 e. The molecule has 6 heteroatoms. The Balaban J connectivity index is 2.33. The van der Waals surface area contributed by atoms with E-state index in [-0.39, 0.29) is 0 Å². The second-order valence-electron chi connectivity index (χ2n) is 4.88. The van der Waals surface area contributed by atoms with Crippen molar-refractivity contribution in [3.8, 4) is 11.8 Å². The number of anilines is 1. The van der Waals surface area contributed by atoms with E-state index in [2.05, 4.69) is 16.4 Å². The maximum atomic E-state index is 9.27. The molecule has 0 aliphatic carbocycles. The topological polar surface area (TPSA) is 82.9 Å². The van der Waals surface area contributed by atoms with E-state index >= 15 is 0 Å². The van der Waals surface area contributed by atoms with E-state index in [1.54, 1.807) is 11.3 Å². The van der Waals surface area contributed by atoms with Crippen LogP contribution >= 0.6 is 0 Å². The number of allylic oxidation sites excluding steroid dienone is 2. The average Bonchev–Trinajstić information content (AvgIpc) is 2.88. The molecule has 1 aromatic heterocycles. The average molecular weight is 280 g/mol. The van der Waals surface area contributed by atoms with Gasteiger partial charge in [0.2, 0.25) is 0 Å². The van der Waals surface area contributed by atoms with Crippen LogP contribution in [0.1, 0.15) is 18.3 Å². The van der Waals surface area contributed by atoms with Gasteiger partial charge in [0.15, 0.2) is 5.69 Å². The smallest absolute Gasteiger partial charge is 0.162 e. The largest absolute Gasteiger partial charge is 0.390 e. The fourth-order valence-corrected chi connectivity index (χ4v) is 2.56. The summed E-state index contributed by atoms with van der Waals surface area (Å²) in [5, 5.41) is 14.1. The highest BCUT2D eigenvalue weighted by Gasteiger charge is 2.25. The molecule has 0 amide bonds. The Morgan fingerprint density at radius 3 is 2.76 bits per heavy atom. The van der Waals surface area contributed by atoms with Gasteiger partial charge in [-0.15, -0.1) is 0 Å². The van der Waals surface area contributed by atoms with Crippen LogP contribution in [0.2, 0.25) is 0 Å². The number of nitrogens with one attached hydrogen (secondary N) is 1. The van der Waals surface area contributed by atoms with Crippen molar-refractivity contribution >= 4 is 5.69 Å². The molecular weight excluding hydrogens is 264 g/mol. The first-order valence-corrected chi connectivity index (χ1v) is 6.65. The molecular formula is C15H16N6. The summed E-state index contributed by atoms with van der Waals surface area (Å²) in [5.41, 5.74) is 4.96. The number of hydrogen-bond donors (Lipinski definition) is 2. The van der Waals surface area contributed by atoms with Gasteiger partial charge in [0.25, 0.3) is 0 Å². The van der Waals surface area contributed by atoms with Crippen molar-refractivity contribution in [1.29, 1.82) is 5.26 Å². The van der Waals surface area contributed by atoms with Crippen LogP contribution in [-0.4, -0.2) is 16.6 Å². The molecule has 0 saturated heterocycles. The summed E-state index contributed by atoms with van der Waals surface area (Å²) >= 11 is 0. The summed E-state index contributed by atoms with van der Waals surface area (Å²) in [7, 11) is 1.86. The lowest BCUT2D eigenvalue weighted by atomic mass is 10.1. The first kappa shape index (κ1) is 13.2. The number of benzene rings is 1. The molecule has 106 valence electrons. The Morgan fingerprint density at radius 1 is 1.38 bits per heavy atom. The van der Waals surface area contributed by atoms with E-state index in [1.165, 1.54) is 0 Å². The predicted molar refractivity (Wildman–Crippen MR) is 80.4 cm³/mol. The molecule has 0 spiro atoms. The number of nitriles is 1. The molecule has 3 N–H and O–H groups in total. The van der Waals surface area contributed by atoms with Crippen molar-refractivity contribution in [2.75, 3.05) is 12.1 Å². The van der Waals surface area contributed by atoms with Gasteiger partial charge in [-0.1, -0.05) is 12.1 Å². The number of imidazole rings is 1. The van der Waals surface area contributed by atoms with Crippen LogP contribution < -0.4 is 16.2 Å². The van der Waals surface area contributed by atoms with Crippen LogP contribution in [0.25, 0.3) is 5.69 Å². The number of rotatable bonds is 1. The summed E-state index contributed by atoms with van der Waals surface area (Å²) in [6, 6.07) is 9.97. The predicted octanol–water partition coefficient (Wildman–Crippen LogP) is 1.43. The van der Waals surface area contributed by atoms with Crippen LogP contribution in [-0.2, 0) is 6.42 Å². The van der Waals surface area contributed by atoms with E-state index in [9.17, 15) is 5.26 Å². The van der Waals surface area contributed by atoms with Crippen molar-refractivity contribution in [2.45, 2.75) is 13.3 Å². The first-order valence-electron chi connectivity index (χ1n) is 6.65. The number of fused-ring (bicyclic) bond motifs is 3. The van der Waals surface area contributed by atoms with Gasteiger partial charge in [-0.2, -0.15) is 5.26 Å². The second-order valence-corrected chi connectivity index (χ2v) is 4.88. The maximum absolute atomic E-state index is 9.27. The Labute approximate surface area is 123 Å². The fraction of sp³-hybridized carbons (Fsp3) is 0.200. The standard InChI is InChI=1S/C15H16N6/c1-10(18-2)14-7-15-11(8-16)19-9-20(15)12-5-3-4-6-13(12)21(14)17/h3-6,9,18H,7,17H2,1-2H3/b14-10-. The van der Waals surface area contributed by atoms with E-state index in [0.717, 1.165) is 28.5 Å². The zero-order valence-electron chi connectivity index (χ0n) is 12.0. The van der Waals surface area contributed by atoms with Crippen molar-refractivity contribution in [2.24, 2.45) is 5.84 Å². The van der Waals surface area contributed by atoms with Gasteiger partial charge in [0.05, 0.1) is 22.8 Å². The van der Waals surface area contributed by atoms with Gasteiger partial charge in [0, 0.05) is 19.2 Å². The third kappa shape index (κ3) is 1.95. The highest BCUT2D eigenvalue weighted by molar-refractivity contribution is 5.68. The fourth-order valence-electron chi connectivity index (χ4n) is 2.56. The molecule has 2 heterocycles. The Hall–Kier alpha value is -2.78. The molecule has 2 aromatic rings. The van der Waals surface area contributed by atoms with E-state index in [1.807, 2.05) is 42.8 Å². The molecule has 6 nitrogen and oxygen atoms in total.